The van der Waals surface area contributed by atoms with Crippen molar-refractivity contribution in [3.05, 3.63) is 63.7 Å². The molecule has 4 nitrogen and oxygen atoms in total. The molecule has 1 aliphatic carbocycles. The average molecular weight is 331 g/mol. The smallest absolute Gasteiger partial charge is 0.335 e. The highest BCUT2D eigenvalue weighted by Crippen LogP contribution is 2.40. The Hall–Kier alpha value is -2.46. The number of allylic oxidation sites excluding steroid dienone is 1. The summed E-state index contributed by atoms with van der Waals surface area (Å²) in [4.78, 5) is 11.1. The van der Waals surface area contributed by atoms with Crippen molar-refractivity contribution >= 4 is 28.9 Å². The molecule has 0 amide bonds. The summed E-state index contributed by atoms with van der Waals surface area (Å²) in [7, 11) is 1.57. The molecule has 3 rings (SSSR count). The molecule has 2 N–H and O–H groups in total. The Morgan fingerprint density at radius 2 is 1.87 bits per heavy atom. The maximum atomic E-state index is 11.1. The fourth-order valence-corrected chi connectivity index (χ4v) is 3.11. The number of halogens is 1. The Morgan fingerprint density at radius 3 is 2.52 bits per heavy atom. The summed E-state index contributed by atoms with van der Waals surface area (Å²) in [5, 5.41) is 19.7. The lowest BCUT2D eigenvalue weighted by Gasteiger charge is -2.23. The van der Waals surface area contributed by atoms with Crippen LogP contribution in [0.25, 0.3) is 11.3 Å². The fraction of sp³-hybridized carbons (Fsp3) is 0.167. The number of aromatic carboxylic acids is 1. The molecule has 0 heterocycles. The first-order valence-corrected chi connectivity index (χ1v) is 7.51. The van der Waals surface area contributed by atoms with Gasteiger partial charge in [-0.2, -0.15) is 0 Å². The minimum atomic E-state index is -0.947. The standard InChI is InChI=1S/C18H15ClO4/c1-23-17-13-5-3-11(18(21)22)8-10(13)2-6-15(17)14-7-4-12(19)9-16(14)20/h3-5,7-9,20H,2,6H2,1H3,(H,21,22). The Kier molecular flexibility index (Phi) is 4.01. The summed E-state index contributed by atoms with van der Waals surface area (Å²) in [6.07, 6.45) is 1.33. The number of hydrogen-bond acceptors (Lipinski definition) is 3. The van der Waals surface area contributed by atoms with Crippen molar-refractivity contribution in [3.8, 4) is 5.75 Å². The molecule has 0 aromatic heterocycles. The minimum Gasteiger partial charge on any atom is -0.507 e. The molecule has 0 bridgehead atoms. The summed E-state index contributed by atoms with van der Waals surface area (Å²) < 4.78 is 5.56. The Bertz CT molecular complexity index is 824. The van der Waals surface area contributed by atoms with Crippen LogP contribution in [0, 0.1) is 0 Å². The molecular weight excluding hydrogens is 316 g/mol. The number of ether oxygens (including phenoxy) is 1. The topological polar surface area (TPSA) is 66.8 Å². The summed E-state index contributed by atoms with van der Waals surface area (Å²) in [6.45, 7) is 0. The van der Waals surface area contributed by atoms with Gasteiger partial charge in [0.25, 0.3) is 0 Å². The van der Waals surface area contributed by atoms with Crippen LogP contribution in [0.5, 0.6) is 5.75 Å². The van der Waals surface area contributed by atoms with Crippen molar-refractivity contribution < 1.29 is 19.7 Å². The van der Waals surface area contributed by atoms with Crippen molar-refractivity contribution in [1.82, 2.24) is 0 Å². The van der Waals surface area contributed by atoms with Gasteiger partial charge in [-0.05, 0) is 48.7 Å². The molecule has 0 atom stereocenters. The largest absolute Gasteiger partial charge is 0.507 e. The van der Waals surface area contributed by atoms with E-state index in [1.54, 1.807) is 37.4 Å². The van der Waals surface area contributed by atoms with Crippen molar-refractivity contribution in [3.63, 3.8) is 0 Å². The molecule has 0 saturated heterocycles. The molecule has 0 aliphatic heterocycles. The third-order valence-corrected chi connectivity index (χ3v) is 4.24. The Labute approximate surface area is 138 Å². The molecular formula is C18H15ClO4. The minimum absolute atomic E-state index is 0.104. The number of hydrogen-bond donors (Lipinski definition) is 2. The molecule has 5 heteroatoms. The first-order valence-electron chi connectivity index (χ1n) is 7.14. The van der Waals surface area contributed by atoms with Gasteiger partial charge in [-0.15, -0.1) is 0 Å². The van der Waals surface area contributed by atoms with Crippen LogP contribution in [0.2, 0.25) is 5.02 Å². The highest BCUT2D eigenvalue weighted by atomic mass is 35.5. The molecule has 0 saturated carbocycles. The van der Waals surface area contributed by atoms with Crippen LogP contribution in [0.1, 0.15) is 33.5 Å². The van der Waals surface area contributed by atoms with Gasteiger partial charge in [0.05, 0.1) is 12.7 Å². The Morgan fingerprint density at radius 1 is 1.13 bits per heavy atom. The van der Waals surface area contributed by atoms with Crippen LogP contribution in [0.3, 0.4) is 0 Å². The number of rotatable bonds is 3. The number of benzene rings is 2. The van der Waals surface area contributed by atoms with Gasteiger partial charge in [0.2, 0.25) is 0 Å². The number of aromatic hydroxyl groups is 1. The quantitative estimate of drug-likeness (QED) is 0.885. The zero-order valence-electron chi connectivity index (χ0n) is 12.5. The van der Waals surface area contributed by atoms with Gasteiger partial charge < -0.3 is 14.9 Å². The van der Waals surface area contributed by atoms with Gasteiger partial charge >= 0.3 is 5.97 Å². The number of carboxylic acids is 1. The second kappa shape index (κ2) is 5.97. The number of methoxy groups -OCH3 is 1. The fourth-order valence-electron chi connectivity index (χ4n) is 2.94. The molecule has 0 fully saturated rings. The van der Waals surface area contributed by atoms with Crippen LogP contribution in [-0.4, -0.2) is 23.3 Å². The molecule has 23 heavy (non-hydrogen) atoms. The number of phenolic OH excluding ortho intramolecular Hbond substituents is 1. The predicted octanol–water partition coefficient (Wildman–Crippen LogP) is 4.20. The molecule has 0 radical (unpaired) electrons. The number of carbonyl (C=O) groups is 1. The van der Waals surface area contributed by atoms with E-state index >= 15 is 0 Å². The normalized spacial score (nSPS) is 13.7. The van der Waals surface area contributed by atoms with Gasteiger partial charge in [-0.1, -0.05) is 17.7 Å². The Balaban J connectivity index is 2.15. The first-order chi connectivity index (χ1) is 11.0. The van der Waals surface area contributed by atoms with Crippen molar-refractivity contribution in [1.29, 1.82) is 0 Å². The molecule has 1 aliphatic rings. The van der Waals surface area contributed by atoms with Crippen LogP contribution in [0.4, 0.5) is 0 Å². The van der Waals surface area contributed by atoms with Gasteiger partial charge in [0.1, 0.15) is 11.5 Å². The highest BCUT2D eigenvalue weighted by Gasteiger charge is 2.23. The van der Waals surface area contributed by atoms with E-state index in [4.69, 9.17) is 21.4 Å². The lowest BCUT2D eigenvalue weighted by molar-refractivity contribution is 0.0696. The predicted molar refractivity (Wildman–Crippen MR) is 88.7 cm³/mol. The monoisotopic (exact) mass is 330 g/mol. The van der Waals surface area contributed by atoms with E-state index in [1.807, 2.05) is 0 Å². The summed E-state index contributed by atoms with van der Waals surface area (Å²) >= 11 is 5.89. The second-order valence-electron chi connectivity index (χ2n) is 5.35. The zero-order valence-corrected chi connectivity index (χ0v) is 13.2. The van der Waals surface area contributed by atoms with E-state index in [1.165, 1.54) is 6.07 Å². The van der Waals surface area contributed by atoms with Crippen molar-refractivity contribution in [2.45, 2.75) is 12.8 Å². The first kappa shape index (κ1) is 15.4. The summed E-state index contributed by atoms with van der Waals surface area (Å²) in [5.74, 6) is -0.189. The van der Waals surface area contributed by atoms with Gasteiger partial charge in [-0.25, -0.2) is 4.79 Å². The zero-order chi connectivity index (χ0) is 16.6. The van der Waals surface area contributed by atoms with E-state index in [0.29, 0.717) is 29.2 Å². The highest BCUT2D eigenvalue weighted by molar-refractivity contribution is 6.30. The maximum Gasteiger partial charge on any atom is 0.335 e. The van der Waals surface area contributed by atoms with Gasteiger partial charge in [0.15, 0.2) is 0 Å². The summed E-state index contributed by atoms with van der Waals surface area (Å²) in [6, 6.07) is 9.98. The van der Waals surface area contributed by atoms with E-state index < -0.39 is 5.97 Å². The van der Waals surface area contributed by atoms with Crippen molar-refractivity contribution in [2.75, 3.05) is 7.11 Å². The molecule has 0 unspecified atom stereocenters. The number of carboxylic acid groups (broad SMARTS) is 1. The lowest BCUT2D eigenvalue weighted by atomic mass is 9.86. The second-order valence-corrected chi connectivity index (χ2v) is 5.79. The van der Waals surface area contributed by atoms with Gasteiger partial charge in [-0.3, -0.25) is 0 Å². The van der Waals surface area contributed by atoms with E-state index in [9.17, 15) is 9.90 Å². The summed E-state index contributed by atoms with van der Waals surface area (Å²) in [5.41, 5.74) is 3.61. The maximum absolute atomic E-state index is 11.1. The van der Waals surface area contributed by atoms with E-state index in [-0.39, 0.29) is 11.3 Å². The number of aryl methyl sites for hydroxylation is 1. The van der Waals surface area contributed by atoms with E-state index in [2.05, 4.69) is 0 Å². The molecule has 118 valence electrons. The van der Waals surface area contributed by atoms with Crippen LogP contribution in [-0.2, 0) is 11.2 Å². The molecule has 2 aromatic rings. The van der Waals surface area contributed by atoms with Crippen LogP contribution < -0.4 is 0 Å². The number of phenols is 1. The van der Waals surface area contributed by atoms with E-state index in [0.717, 1.165) is 16.7 Å². The van der Waals surface area contributed by atoms with Gasteiger partial charge in [0, 0.05) is 21.7 Å². The van der Waals surface area contributed by atoms with Crippen LogP contribution >= 0.6 is 11.6 Å². The number of fused-ring (bicyclic) bond motifs is 1. The third-order valence-electron chi connectivity index (χ3n) is 4.00. The van der Waals surface area contributed by atoms with Crippen molar-refractivity contribution in [2.24, 2.45) is 0 Å². The third kappa shape index (κ3) is 2.78. The molecule has 2 aromatic carbocycles. The van der Waals surface area contributed by atoms with Crippen LogP contribution in [0.15, 0.2) is 36.4 Å². The average Bonchev–Trinajstić information content (AvgIpc) is 2.53. The molecule has 0 spiro atoms. The lowest BCUT2D eigenvalue weighted by Crippen LogP contribution is -2.08. The SMILES string of the molecule is COC1=C(c2ccc(Cl)cc2O)CCc2cc(C(=O)O)ccc21.